The molecule has 3 aromatic heterocycles. The molecule has 5 N–H and O–H groups in total. The zero-order valence-electron chi connectivity index (χ0n) is 14.1. The Kier molecular flexibility index (Phi) is 3.98. The Bertz CT molecular complexity index is 1010. The van der Waals surface area contributed by atoms with Crippen LogP contribution >= 0.6 is 0 Å². The summed E-state index contributed by atoms with van der Waals surface area (Å²) in [5.41, 5.74) is 6.30. The van der Waals surface area contributed by atoms with Gasteiger partial charge in [-0.2, -0.15) is 10.1 Å². The van der Waals surface area contributed by atoms with E-state index in [4.69, 9.17) is 5.73 Å². The summed E-state index contributed by atoms with van der Waals surface area (Å²) in [6, 6.07) is -0.104. The lowest BCUT2D eigenvalue weighted by molar-refractivity contribution is -0.119. The van der Waals surface area contributed by atoms with Crippen molar-refractivity contribution in [2.45, 2.75) is 38.1 Å². The number of aromatic amines is 2. The fourth-order valence-electron chi connectivity index (χ4n) is 3.93. The normalized spacial score (nSPS) is 16.3. The molecule has 136 valence electrons. The van der Waals surface area contributed by atoms with E-state index in [1.165, 1.54) is 6.20 Å². The zero-order chi connectivity index (χ0) is 18.3. The maximum absolute atomic E-state index is 11.8. The average molecular weight is 356 g/mol. The number of carbonyl (C=O) groups excluding carboxylic acids is 1. The molecule has 0 bridgehead atoms. The van der Waals surface area contributed by atoms with Crippen LogP contribution in [0, 0.1) is 5.92 Å². The number of hydrogen-bond acceptors (Lipinski definition) is 5. The number of fused-ring (bicyclic) bond motifs is 1. The number of hydrogen-bond donors (Lipinski definition) is 4. The number of nitrogens with zero attached hydrogens (tertiary/aromatic N) is 3. The monoisotopic (exact) mass is 356 g/mol. The van der Waals surface area contributed by atoms with E-state index in [2.05, 4.69) is 20.1 Å². The number of carbonyl (C=O) groups is 1. The van der Waals surface area contributed by atoms with Crippen LogP contribution in [0.15, 0.2) is 23.4 Å². The van der Waals surface area contributed by atoms with Crippen LogP contribution in [0.1, 0.15) is 38.1 Å². The van der Waals surface area contributed by atoms with Crippen molar-refractivity contribution in [1.29, 1.82) is 0 Å². The van der Waals surface area contributed by atoms with Crippen LogP contribution in [0.5, 0.6) is 5.75 Å². The van der Waals surface area contributed by atoms with Gasteiger partial charge < -0.3 is 20.8 Å². The van der Waals surface area contributed by atoms with Gasteiger partial charge in [-0.1, -0.05) is 12.8 Å². The van der Waals surface area contributed by atoms with E-state index in [1.54, 1.807) is 17.1 Å². The first-order valence-corrected chi connectivity index (χ1v) is 8.66. The van der Waals surface area contributed by atoms with Crippen molar-refractivity contribution in [3.05, 3.63) is 29.1 Å². The summed E-state index contributed by atoms with van der Waals surface area (Å²) in [7, 11) is 0. The summed E-state index contributed by atoms with van der Waals surface area (Å²) in [6.45, 7) is 0. The van der Waals surface area contributed by atoms with E-state index in [0.717, 1.165) is 25.7 Å². The summed E-state index contributed by atoms with van der Waals surface area (Å²) in [6.07, 6.45) is 9.37. The number of H-pyrrole nitrogens is 2. The Morgan fingerprint density at radius 1 is 1.42 bits per heavy atom. The number of nitrogens with one attached hydrogen (secondary N) is 2. The third-order valence-electron chi connectivity index (χ3n) is 5.12. The quantitative estimate of drug-likeness (QED) is 0.547. The molecular weight excluding hydrogens is 336 g/mol. The maximum atomic E-state index is 11.8. The second kappa shape index (κ2) is 6.32. The fourth-order valence-corrected chi connectivity index (χ4v) is 3.93. The molecule has 0 radical (unpaired) electrons. The molecule has 3 heterocycles. The van der Waals surface area contributed by atoms with Crippen molar-refractivity contribution in [3.8, 4) is 17.0 Å². The predicted molar refractivity (Wildman–Crippen MR) is 94.4 cm³/mol. The lowest BCUT2D eigenvalue weighted by Gasteiger charge is -2.22. The fraction of sp³-hybridized carbons (Fsp3) is 0.412. The number of primary amides is 1. The van der Waals surface area contributed by atoms with Crippen LogP contribution in [0.3, 0.4) is 0 Å². The van der Waals surface area contributed by atoms with Crippen molar-refractivity contribution in [3.63, 3.8) is 0 Å². The lowest BCUT2D eigenvalue weighted by Crippen LogP contribution is -2.24. The minimum absolute atomic E-state index is 0.00372. The smallest absolute Gasteiger partial charge is 0.347 e. The molecule has 1 saturated carbocycles. The standard InChI is InChI=1S/C17H20N6O3/c18-13(25)5-11(9-3-1-2-4-9)23-8-10(6-20-23)15-14-12(24)7-19-16(14)22-17(26)21-15/h6-9,11,24H,1-5H2,(H2,18,25)(H2,19,21,22,26). The van der Waals surface area contributed by atoms with E-state index in [9.17, 15) is 14.7 Å². The molecule has 1 aliphatic carbocycles. The molecule has 3 aromatic rings. The summed E-state index contributed by atoms with van der Waals surface area (Å²) < 4.78 is 1.75. The molecular formula is C17H20N6O3. The molecule has 0 aliphatic heterocycles. The largest absolute Gasteiger partial charge is 0.506 e. The highest BCUT2D eigenvalue weighted by molar-refractivity contribution is 5.95. The van der Waals surface area contributed by atoms with Crippen LogP contribution in [0.2, 0.25) is 0 Å². The molecule has 1 atom stereocenters. The van der Waals surface area contributed by atoms with Crippen molar-refractivity contribution in [1.82, 2.24) is 24.7 Å². The van der Waals surface area contributed by atoms with Crippen molar-refractivity contribution >= 4 is 16.9 Å². The SMILES string of the molecule is NC(=O)CC(C1CCCC1)n1cc(-c2[nH]c(=O)nc3[nH]cc(O)c23)cn1. The van der Waals surface area contributed by atoms with Gasteiger partial charge in [0.2, 0.25) is 5.91 Å². The molecule has 9 nitrogen and oxygen atoms in total. The van der Waals surface area contributed by atoms with Crippen LogP contribution in [-0.2, 0) is 4.79 Å². The Balaban J connectivity index is 1.76. The van der Waals surface area contributed by atoms with Gasteiger partial charge in [0.1, 0.15) is 11.4 Å². The van der Waals surface area contributed by atoms with E-state index >= 15 is 0 Å². The first-order chi connectivity index (χ1) is 12.5. The number of aromatic hydroxyl groups is 1. The van der Waals surface area contributed by atoms with Gasteiger partial charge in [-0.05, 0) is 18.8 Å². The van der Waals surface area contributed by atoms with E-state index in [1.807, 2.05) is 0 Å². The molecule has 1 amide bonds. The third kappa shape index (κ3) is 2.85. The van der Waals surface area contributed by atoms with Gasteiger partial charge in [0.25, 0.3) is 0 Å². The molecule has 1 aliphatic rings. The minimum atomic E-state index is -0.522. The number of aromatic nitrogens is 5. The summed E-state index contributed by atoms with van der Waals surface area (Å²) in [4.78, 5) is 32.6. The Hall–Kier alpha value is -3.10. The summed E-state index contributed by atoms with van der Waals surface area (Å²) >= 11 is 0. The first kappa shape index (κ1) is 16.4. The van der Waals surface area contributed by atoms with E-state index in [-0.39, 0.29) is 24.1 Å². The molecule has 0 spiro atoms. The van der Waals surface area contributed by atoms with Gasteiger partial charge in [0.05, 0.1) is 23.3 Å². The Morgan fingerprint density at radius 2 is 2.19 bits per heavy atom. The highest BCUT2D eigenvalue weighted by Gasteiger charge is 2.28. The summed E-state index contributed by atoms with van der Waals surface area (Å²) in [5.74, 6) is -0.00895. The Morgan fingerprint density at radius 3 is 2.92 bits per heavy atom. The molecule has 26 heavy (non-hydrogen) atoms. The highest BCUT2D eigenvalue weighted by atomic mass is 16.3. The van der Waals surface area contributed by atoms with Crippen LogP contribution in [-0.4, -0.2) is 35.7 Å². The Labute approximate surface area is 148 Å². The van der Waals surface area contributed by atoms with Crippen LogP contribution < -0.4 is 11.4 Å². The average Bonchev–Trinajstić information content (AvgIpc) is 3.33. The third-order valence-corrected chi connectivity index (χ3v) is 5.12. The molecule has 0 aromatic carbocycles. The molecule has 0 saturated heterocycles. The zero-order valence-corrected chi connectivity index (χ0v) is 14.1. The predicted octanol–water partition coefficient (Wildman–Crippen LogP) is 1.43. The van der Waals surface area contributed by atoms with Crippen LogP contribution in [0.25, 0.3) is 22.3 Å². The molecule has 1 fully saturated rings. The topological polar surface area (TPSA) is 143 Å². The van der Waals surface area contributed by atoms with Gasteiger partial charge in [0.15, 0.2) is 0 Å². The van der Waals surface area contributed by atoms with Gasteiger partial charge >= 0.3 is 5.69 Å². The second-order valence-corrected chi connectivity index (χ2v) is 6.81. The van der Waals surface area contributed by atoms with Gasteiger partial charge in [-0.25, -0.2) is 4.79 Å². The van der Waals surface area contributed by atoms with Crippen molar-refractivity contribution in [2.24, 2.45) is 11.7 Å². The second-order valence-electron chi connectivity index (χ2n) is 6.81. The maximum Gasteiger partial charge on any atom is 0.347 e. The van der Waals surface area contributed by atoms with Crippen molar-refractivity contribution < 1.29 is 9.90 Å². The minimum Gasteiger partial charge on any atom is -0.506 e. The lowest BCUT2D eigenvalue weighted by atomic mass is 9.95. The molecule has 9 heteroatoms. The summed E-state index contributed by atoms with van der Waals surface area (Å²) in [5, 5.41) is 14.9. The van der Waals surface area contributed by atoms with Gasteiger partial charge in [0, 0.05) is 24.4 Å². The first-order valence-electron chi connectivity index (χ1n) is 8.66. The number of rotatable bonds is 5. The van der Waals surface area contributed by atoms with E-state index < -0.39 is 5.69 Å². The van der Waals surface area contributed by atoms with Crippen LogP contribution in [0.4, 0.5) is 0 Å². The van der Waals surface area contributed by atoms with Gasteiger partial charge in [-0.15, -0.1) is 0 Å². The number of nitrogens with two attached hydrogens (primary N) is 1. The highest BCUT2D eigenvalue weighted by Crippen LogP contribution is 2.37. The van der Waals surface area contributed by atoms with Gasteiger partial charge in [-0.3, -0.25) is 9.48 Å². The number of amides is 1. The van der Waals surface area contributed by atoms with Crippen molar-refractivity contribution in [2.75, 3.05) is 0 Å². The molecule has 4 rings (SSSR count). The van der Waals surface area contributed by atoms with E-state index in [0.29, 0.717) is 28.2 Å². The molecule has 1 unspecified atom stereocenters.